The zero-order valence-electron chi connectivity index (χ0n) is 11.6. The van der Waals surface area contributed by atoms with Gasteiger partial charge in [0.1, 0.15) is 5.75 Å². The molecule has 1 saturated heterocycles. The molecule has 1 aromatic rings. The molecule has 1 atom stereocenters. The van der Waals surface area contributed by atoms with Crippen LogP contribution in [0.4, 0.5) is 0 Å². The van der Waals surface area contributed by atoms with Crippen molar-refractivity contribution in [1.29, 1.82) is 0 Å². The van der Waals surface area contributed by atoms with Gasteiger partial charge in [-0.1, -0.05) is 18.2 Å². The molecule has 0 spiro atoms. The largest absolute Gasteiger partial charge is 0.490 e. The molecule has 19 heavy (non-hydrogen) atoms. The second-order valence-corrected chi connectivity index (χ2v) is 5.92. The normalized spacial score (nSPS) is 25.0. The summed E-state index contributed by atoms with van der Waals surface area (Å²) in [6.07, 6.45) is 6.60. The maximum absolute atomic E-state index is 6.19. The van der Waals surface area contributed by atoms with Gasteiger partial charge in [-0.25, -0.2) is 0 Å². The number of rotatable bonds is 4. The zero-order valence-corrected chi connectivity index (χ0v) is 11.6. The van der Waals surface area contributed by atoms with Crippen molar-refractivity contribution >= 4 is 0 Å². The molecule has 1 aromatic carbocycles. The lowest BCUT2D eigenvalue weighted by molar-refractivity contribution is 0.204. The van der Waals surface area contributed by atoms with E-state index < -0.39 is 0 Å². The summed E-state index contributed by atoms with van der Waals surface area (Å²) in [4.78, 5) is 2.43. The minimum Gasteiger partial charge on any atom is -0.490 e. The summed E-state index contributed by atoms with van der Waals surface area (Å²) in [6.45, 7) is 3.09. The van der Waals surface area contributed by atoms with Gasteiger partial charge in [0.15, 0.2) is 0 Å². The lowest BCUT2D eigenvalue weighted by Crippen LogP contribution is -2.26. The number of hydrogen-bond acceptors (Lipinski definition) is 3. The minimum absolute atomic E-state index is 0.350. The smallest absolute Gasteiger partial charge is 0.124 e. The summed E-state index contributed by atoms with van der Waals surface area (Å²) < 4.78 is 6.19. The van der Waals surface area contributed by atoms with Crippen molar-refractivity contribution in [2.75, 3.05) is 13.1 Å². The van der Waals surface area contributed by atoms with Crippen molar-refractivity contribution in [1.82, 2.24) is 4.90 Å². The Morgan fingerprint density at radius 1 is 1.16 bits per heavy atom. The van der Waals surface area contributed by atoms with E-state index in [-0.39, 0.29) is 0 Å². The number of likely N-dealkylation sites (tertiary alicyclic amines) is 1. The van der Waals surface area contributed by atoms with E-state index in [0.717, 1.165) is 31.8 Å². The monoisotopic (exact) mass is 260 g/mol. The Hall–Kier alpha value is -1.06. The highest BCUT2D eigenvalue weighted by Gasteiger charge is 2.21. The van der Waals surface area contributed by atoms with Gasteiger partial charge < -0.3 is 10.5 Å². The van der Waals surface area contributed by atoms with Crippen molar-refractivity contribution < 1.29 is 4.74 Å². The zero-order chi connectivity index (χ0) is 13.1. The first-order valence-corrected chi connectivity index (χ1v) is 7.54. The molecular formula is C16H24N2O. The highest BCUT2D eigenvalue weighted by Crippen LogP contribution is 2.27. The number of para-hydroxylation sites is 1. The summed E-state index contributed by atoms with van der Waals surface area (Å²) in [5.74, 6) is 1.08. The third-order valence-electron chi connectivity index (χ3n) is 4.27. The fourth-order valence-electron chi connectivity index (χ4n) is 3.18. The molecule has 1 aliphatic heterocycles. The van der Waals surface area contributed by atoms with Crippen LogP contribution in [0, 0.1) is 0 Å². The van der Waals surface area contributed by atoms with Crippen molar-refractivity contribution in [3.63, 3.8) is 0 Å². The highest BCUT2D eigenvalue weighted by atomic mass is 16.5. The topological polar surface area (TPSA) is 38.5 Å². The van der Waals surface area contributed by atoms with Crippen molar-refractivity contribution in [3.8, 4) is 5.75 Å². The molecule has 1 heterocycles. The molecule has 0 bridgehead atoms. The number of benzene rings is 1. The van der Waals surface area contributed by atoms with Gasteiger partial charge in [-0.2, -0.15) is 0 Å². The first-order valence-electron chi connectivity index (χ1n) is 7.54. The molecule has 104 valence electrons. The Kier molecular flexibility index (Phi) is 4.04. The molecule has 3 heteroatoms. The van der Waals surface area contributed by atoms with Crippen LogP contribution in [0.2, 0.25) is 0 Å². The summed E-state index contributed by atoms with van der Waals surface area (Å²) in [5, 5.41) is 0. The fourth-order valence-corrected chi connectivity index (χ4v) is 3.18. The summed E-state index contributed by atoms with van der Waals surface area (Å²) in [6, 6.07) is 8.83. The van der Waals surface area contributed by atoms with E-state index in [1.807, 2.05) is 0 Å². The van der Waals surface area contributed by atoms with Gasteiger partial charge in [0.2, 0.25) is 0 Å². The van der Waals surface area contributed by atoms with Crippen LogP contribution < -0.4 is 10.5 Å². The molecule has 0 radical (unpaired) electrons. The number of ether oxygens (including phenoxy) is 1. The van der Waals surface area contributed by atoms with E-state index in [1.165, 1.54) is 31.2 Å². The van der Waals surface area contributed by atoms with E-state index in [9.17, 15) is 0 Å². The molecule has 2 N–H and O–H groups in total. The van der Waals surface area contributed by atoms with Crippen molar-refractivity contribution in [2.24, 2.45) is 5.73 Å². The summed E-state index contributed by atoms with van der Waals surface area (Å²) in [7, 11) is 0. The van der Waals surface area contributed by atoms with Gasteiger partial charge >= 0.3 is 0 Å². The van der Waals surface area contributed by atoms with E-state index in [0.29, 0.717) is 12.1 Å². The Labute approximate surface area is 115 Å². The minimum atomic E-state index is 0.350. The molecule has 2 fully saturated rings. The Morgan fingerprint density at radius 2 is 1.95 bits per heavy atom. The van der Waals surface area contributed by atoms with Gasteiger partial charge in [0.25, 0.3) is 0 Å². The average Bonchev–Trinajstić information content (AvgIpc) is 3.04. The quantitative estimate of drug-likeness (QED) is 0.904. The maximum Gasteiger partial charge on any atom is 0.124 e. The summed E-state index contributed by atoms with van der Waals surface area (Å²) in [5.41, 5.74) is 7.28. The van der Waals surface area contributed by atoms with Crippen LogP contribution in [-0.4, -0.2) is 30.1 Å². The molecule has 3 rings (SSSR count). The second kappa shape index (κ2) is 5.93. The van der Waals surface area contributed by atoms with Gasteiger partial charge in [-0.15, -0.1) is 0 Å². The Morgan fingerprint density at radius 3 is 2.68 bits per heavy atom. The second-order valence-electron chi connectivity index (χ2n) is 5.92. The lowest BCUT2D eigenvalue weighted by Gasteiger charge is -2.20. The Bertz CT molecular complexity index is 415. The van der Waals surface area contributed by atoms with Crippen LogP contribution in [0.15, 0.2) is 24.3 Å². The van der Waals surface area contributed by atoms with Crippen LogP contribution in [0.3, 0.4) is 0 Å². The molecule has 0 unspecified atom stereocenters. The molecule has 0 amide bonds. The Balaban J connectivity index is 1.66. The van der Waals surface area contributed by atoms with Crippen LogP contribution in [0.1, 0.15) is 37.7 Å². The maximum atomic E-state index is 6.19. The number of nitrogens with zero attached hydrogens (tertiary/aromatic N) is 1. The van der Waals surface area contributed by atoms with Crippen LogP contribution in [-0.2, 0) is 6.54 Å². The van der Waals surface area contributed by atoms with Crippen molar-refractivity contribution in [3.05, 3.63) is 29.8 Å². The molecule has 2 aliphatic rings. The standard InChI is InChI=1S/C16H24N2O/c17-14-9-10-18(12-14)11-13-5-1-4-8-16(13)19-15-6-2-3-7-15/h1,4-5,8,14-15H,2-3,6-7,9-12,17H2/t14-/m1/s1. The van der Waals surface area contributed by atoms with Gasteiger partial charge in [0.05, 0.1) is 6.10 Å². The number of hydrogen-bond donors (Lipinski definition) is 1. The average molecular weight is 260 g/mol. The molecule has 1 aliphatic carbocycles. The third-order valence-corrected chi connectivity index (χ3v) is 4.27. The van der Waals surface area contributed by atoms with Crippen molar-refractivity contribution in [2.45, 2.75) is 50.8 Å². The molecule has 1 saturated carbocycles. The first kappa shape index (κ1) is 12.9. The highest BCUT2D eigenvalue weighted by molar-refractivity contribution is 5.33. The fraction of sp³-hybridized carbons (Fsp3) is 0.625. The third kappa shape index (κ3) is 3.28. The van der Waals surface area contributed by atoms with Gasteiger partial charge in [-0.05, 0) is 38.2 Å². The predicted molar refractivity (Wildman–Crippen MR) is 77.2 cm³/mol. The SMILES string of the molecule is N[C@@H]1CCN(Cc2ccccc2OC2CCCC2)C1. The van der Waals surface area contributed by atoms with E-state index in [4.69, 9.17) is 10.5 Å². The first-order chi connectivity index (χ1) is 9.31. The van der Waals surface area contributed by atoms with Crippen LogP contribution >= 0.6 is 0 Å². The van der Waals surface area contributed by atoms with E-state index in [1.54, 1.807) is 0 Å². The lowest BCUT2D eigenvalue weighted by atomic mass is 10.2. The van der Waals surface area contributed by atoms with Gasteiger partial charge in [0, 0.05) is 31.2 Å². The molecule has 3 nitrogen and oxygen atoms in total. The predicted octanol–water partition coefficient (Wildman–Crippen LogP) is 2.54. The van der Waals surface area contributed by atoms with Gasteiger partial charge in [-0.3, -0.25) is 4.90 Å². The van der Waals surface area contributed by atoms with Crippen LogP contribution in [0.5, 0.6) is 5.75 Å². The van der Waals surface area contributed by atoms with E-state index in [2.05, 4.69) is 29.2 Å². The van der Waals surface area contributed by atoms with Crippen LogP contribution in [0.25, 0.3) is 0 Å². The molecule has 0 aromatic heterocycles. The van der Waals surface area contributed by atoms with E-state index >= 15 is 0 Å². The molecular weight excluding hydrogens is 236 g/mol. The number of nitrogens with two attached hydrogens (primary N) is 1. The summed E-state index contributed by atoms with van der Waals surface area (Å²) >= 11 is 0.